The molecule has 0 spiro atoms. The summed E-state index contributed by atoms with van der Waals surface area (Å²) in [6.45, 7) is 4.18. The van der Waals surface area contributed by atoms with Crippen LogP contribution in [0.25, 0.3) is 0 Å². The van der Waals surface area contributed by atoms with Crippen molar-refractivity contribution in [3.05, 3.63) is 29.3 Å². The predicted octanol–water partition coefficient (Wildman–Crippen LogP) is 4.46. The van der Waals surface area contributed by atoms with E-state index >= 15 is 0 Å². The van der Waals surface area contributed by atoms with E-state index < -0.39 is 0 Å². The minimum absolute atomic E-state index is 0.0492. The second kappa shape index (κ2) is 4.59. The molecular formula is C19H25NO. The summed E-state index contributed by atoms with van der Waals surface area (Å²) in [4.78, 5) is 13.0. The van der Waals surface area contributed by atoms with Crippen molar-refractivity contribution in [1.82, 2.24) is 0 Å². The molecule has 4 saturated carbocycles. The number of rotatable bonds is 2. The maximum Gasteiger partial charge on any atom is 0.230 e. The number of nitrogens with one attached hydrogen (secondary N) is 1. The molecule has 0 heterocycles. The van der Waals surface area contributed by atoms with Gasteiger partial charge in [0.1, 0.15) is 0 Å². The number of anilines is 1. The Morgan fingerprint density at radius 1 is 0.952 bits per heavy atom. The first-order chi connectivity index (χ1) is 10.0. The maximum absolute atomic E-state index is 13.0. The smallest absolute Gasteiger partial charge is 0.230 e. The van der Waals surface area contributed by atoms with Crippen molar-refractivity contribution in [2.24, 2.45) is 23.2 Å². The number of amides is 1. The summed E-state index contributed by atoms with van der Waals surface area (Å²) < 4.78 is 0. The highest BCUT2D eigenvalue weighted by Gasteiger charge is 2.54. The monoisotopic (exact) mass is 283 g/mol. The van der Waals surface area contributed by atoms with Crippen LogP contribution in [0.1, 0.15) is 49.7 Å². The Bertz CT molecular complexity index is 534. The molecule has 0 aliphatic heterocycles. The molecular weight excluding hydrogens is 258 g/mol. The van der Waals surface area contributed by atoms with Crippen molar-refractivity contribution >= 4 is 11.6 Å². The number of benzene rings is 1. The molecule has 4 bridgehead atoms. The van der Waals surface area contributed by atoms with Crippen LogP contribution in [0, 0.1) is 37.0 Å². The average molecular weight is 283 g/mol. The Balaban J connectivity index is 1.57. The van der Waals surface area contributed by atoms with Crippen LogP contribution in [-0.2, 0) is 4.79 Å². The van der Waals surface area contributed by atoms with Crippen LogP contribution in [0.5, 0.6) is 0 Å². The van der Waals surface area contributed by atoms with Gasteiger partial charge in [-0.15, -0.1) is 0 Å². The van der Waals surface area contributed by atoms with Crippen molar-refractivity contribution in [2.45, 2.75) is 52.4 Å². The largest absolute Gasteiger partial charge is 0.326 e. The normalized spacial score (nSPS) is 36.8. The lowest BCUT2D eigenvalue weighted by atomic mass is 9.49. The van der Waals surface area contributed by atoms with Crippen molar-refractivity contribution in [2.75, 3.05) is 5.32 Å². The lowest BCUT2D eigenvalue weighted by molar-refractivity contribution is -0.140. The molecule has 5 rings (SSSR count). The first-order valence-electron chi connectivity index (χ1n) is 8.42. The Hall–Kier alpha value is -1.31. The highest BCUT2D eigenvalue weighted by molar-refractivity contribution is 5.95. The minimum Gasteiger partial charge on any atom is -0.326 e. The summed E-state index contributed by atoms with van der Waals surface area (Å²) in [5.41, 5.74) is 3.37. The van der Waals surface area contributed by atoms with Crippen LogP contribution >= 0.6 is 0 Å². The summed E-state index contributed by atoms with van der Waals surface area (Å²) in [6.07, 6.45) is 7.56. The molecule has 4 fully saturated rings. The summed E-state index contributed by atoms with van der Waals surface area (Å²) in [7, 11) is 0. The maximum atomic E-state index is 13.0. The fraction of sp³-hybridized carbons (Fsp3) is 0.632. The number of aryl methyl sites for hydroxylation is 2. The van der Waals surface area contributed by atoms with E-state index in [2.05, 4.69) is 37.4 Å². The van der Waals surface area contributed by atoms with Gasteiger partial charge >= 0.3 is 0 Å². The zero-order valence-electron chi connectivity index (χ0n) is 13.1. The molecule has 112 valence electrons. The fourth-order valence-corrected chi connectivity index (χ4v) is 5.70. The highest BCUT2D eigenvalue weighted by atomic mass is 16.2. The second-order valence-corrected chi connectivity index (χ2v) is 8.03. The van der Waals surface area contributed by atoms with Crippen molar-refractivity contribution in [1.29, 1.82) is 0 Å². The standard InChI is InChI=1S/C19H25NO/c1-12-3-13(2)5-17(4-12)20-18(21)19-9-14-6-15(10-19)8-16(7-14)11-19/h3-5,14-16H,6-11H2,1-2H3,(H,20,21). The van der Waals surface area contributed by atoms with E-state index in [1.165, 1.54) is 30.4 Å². The lowest BCUT2D eigenvalue weighted by Gasteiger charge is -2.55. The van der Waals surface area contributed by atoms with Gasteiger partial charge in [-0.25, -0.2) is 0 Å². The van der Waals surface area contributed by atoms with Gasteiger partial charge in [-0.3, -0.25) is 4.79 Å². The van der Waals surface area contributed by atoms with E-state index in [9.17, 15) is 4.79 Å². The number of hydrogen-bond donors (Lipinski definition) is 1. The van der Waals surface area contributed by atoms with Crippen LogP contribution in [0.3, 0.4) is 0 Å². The first-order valence-corrected chi connectivity index (χ1v) is 8.42. The van der Waals surface area contributed by atoms with Gasteiger partial charge in [-0.2, -0.15) is 0 Å². The van der Waals surface area contributed by atoms with Gasteiger partial charge in [0.05, 0.1) is 5.41 Å². The van der Waals surface area contributed by atoms with Gasteiger partial charge in [-0.05, 0) is 93.4 Å². The molecule has 1 aromatic rings. The topological polar surface area (TPSA) is 29.1 Å². The molecule has 0 saturated heterocycles. The van der Waals surface area contributed by atoms with Crippen LogP contribution in [-0.4, -0.2) is 5.91 Å². The van der Waals surface area contributed by atoms with Gasteiger partial charge in [-0.1, -0.05) is 6.07 Å². The van der Waals surface area contributed by atoms with Crippen LogP contribution < -0.4 is 5.32 Å². The van der Waals surface area contributed by atoms with Crippen molar-refractivity contribution in [3.63, 3.8) is 0 Å². The van der Waals surface area contributed by atoms with E-state index in [4.69, 9.17) is 0 Å². The van der Waals surface area contributed by atoms with Gasteiger partial charge in [0.2, 0.25) is 5.91 Å². The van der Waals surface area contributed by atoms with E-state index in [1.807, 2.05) is 0 Å². The van der Waals surface area contributed by atoms with Gasteiger partial charge in [0.25, 0.3) is 0 Å². The van der Waals surface area contributed by atoms with Gasteiger partial charge in [0, 0.05) is 5.69 Å². The molecule has 2 heteroatoms. The second-order valence-electron chi connectivity index (χ2n) is 8.03. The lowest BCUT2D eigenvalue weighted by Crippen LogP contribution is -2.51. The molecule has 21 heavy (non-hydrogen) atoms. The molecule has 2 nitrogen and oxygen atoms in total. The highest BCUT2D eigenvalue weighted by Crippen LogP contribution is 2.60. The Kier molecular flexibility index (Phi) is 2.92. The van der Waals surface area contributed by atoms with E-state index in [1.54, 1.807) is 0 Å². The van der Waals surface area contributed by atoms with Gasteiger partial charge < -0.3 is 5.32 Å². The van der Waals surface area contributed by atoms with Crippen LogP contribution in [0.2, 0.25) is 0 Å². The number of carbonyl (C=O) groups excluding carboxylic acids is 1. The van der Waals surface area contributed by atoms with E-state index in [-0.39, 0.29) is 5.41 Å². The third-order valence-corrected chi connectivity index (χ3v) is 6.00. The Labute approximate surface area is 127 Å². The molecule has 1 N–H and O–H groups in total. The molecule has 4 aliphatic rings. The number of carbonyl (C=O) groups is 1. The molecule has 1 amide bonds. The fourth-order valence-electron chi connectivity index (χ4n) is 5.70. The zero-order chi connectivity index (χ0) is 14.6. The predicted molar refractivity (Wildman–Crippen MR) is 85.2 cm³/mol. The summed E-state index contributed by atoms with van der Waals surface area (Å²) in [5, 5.41) is 3.24. The summed E-state index contributed by atoms with van der Waals surface area (Å²) >= 11 is 0. The van der Waals surface area contributed by atoms with Gasteiger partial charge in [0.15, 0.2) is 0 Å². The quantitative estimate of drug-likeness (QED) is 0.853. The zero-order valence-corrected chi connectivity index (χ0v) is 13.1. The van der Waals surface area contributed by atoms with Crippen molar-refractivity contribution < 1.29 is 4.79 Å². The SMILES string of the molecule is Cc1cc(C)cc(NC(=O)C23CC4CC(CC(C4)C2)C3)c1. The third kappa shape index (κ3) is 2.29. The van der Waals surface area contributed by atoms with Crippen molar-refractivity contribution in [3.8, 4) is 0 Å². The van der Waals surface area contributed by atoms with Crippen LogP contribution in [0.4, 0.5) is 5.69 Å². The summed E-state index contributed by atoms with van der Waals surface area (Å²) in [5.74, 6) is 2.76. The molecule has 4 aliphatic carbocycles. The number of hydrogen-bond acceptors (Lipinski definition) is 1. The summed E-state index contributed by atoms with van der Waals surface area (Å²) in [6, 6.07) is 6.33. The van der Waals surface area contributed by atoms with Crippen LogP contribution in [0.15, 0.2) is 18.2 Å². The molecule has 0 radical (unpaired) electrons. The average Bonchev–Trinajstić information content (AvgIpc) is 2.35. The molecule has 0 aromatic heterocycles. The molecule has 0 atom stereocenters. The van der Waals surface area contributed by atoms with E-state index in [0.717, 1.165) is 42.7 Å². The molecule has 1 aromatic carbocycles. The molecule has 0 unspecified atom stereocenters. The van der Waals surface area contributed by atoms with E-state index in [0.29, 0.717) is 5.91 Å². The Morgan fingerprint density at radius 2 is 1.43 bits per heavy atom. The minimum atomic E-state index is -0.0492. The first kappa shape index (κ1) is 13.4. The Morgan fingerprint density at radius 3 is 1.90 bits per heavy atom. The third-order valence-electron chi connectivity index (χ3n) is 6.00.